The Labute approximate surface area is 81.4 Å². The minimum atomic E-state index is -0.188. The molecule has 4 nitrogen and oxygen atoms in total. The number of H-pyrrole nitrogens is 1. The largest absolute Gasteiger partial charge is 0.310 e. The number of Topliss-reactive ketones (excluding diaryl/α,β-unsaturated/α-hetero) is 1. The maximum Gasteiger partial charge on any atom is 0.254 e. The van der Waals surface area contributed by atoms with Crippen LogP contribution in [-0.4, -0.2) is 15.8 Å². The zero-order valence-electron chi connectivity index (χ0n) is 8.26. The molecule has 0 unspecified atom stereocenters. The summed E-state index contributed by atoms with van der Waals surface area (Å²) in [5, 5.41) is 0. The van der Waals surface area contributed by atoms with Crippen LogP contribution in [0.4, 0.5) is 0 Å². The molecule has 0 aromatic carbocycles. The van der Waals surface area contributed by atoms with Gasteiger partial charge in [0.05, 0.1) is 0 Å². The van der Waals surface area contributed by atoms with Crippen LogP contribution < -0.4 is 5.56 Å². The summed E-state index contributed by atoms with van der Waals surface area (Å²) in [5.41, 5.74) is 0.546. The van der Waals surface area contributed by atoms with Gasteiger partial charge in [-0.2, -0.15) is 0 Å². The van der Waals surface area contributed by atoms with Crippen molar-refractivity contribution in [1.29, 1.82) is 0 Å². The normalized spacial score (nSPS) is 15.6. The third-order valence-corrected chi connectivity index (χ3v) is 2.47. The van der Waals surface area contributed by atoms with Gasteiger partial charge in [0.15, 0.2) is 5.78 Å². The summed E-state index contributed by atoms with van der Waals surface area (Å²) in [5.74, 6) is 0.891. The Balaban J connectivity index is 2.57. The predicted molar refractivity (Wildman–Crippen MR) is 51.6 cm³/mol. The van der Waals surface area contributed by atoms with Gasteiger partial charge in [-0.25, -0.2) is 4.98 Å². The zero-order valence-corrected chi connectivity index (χ0v) is 8.26. The lowest BCUT2D eigenvalue weighted by molar-refractivity contribution is 0.101. The van der Waals surface area contributed by atoms with E-state index in [1.807, 2.05) is 0 Å². The van der Waals surface area contributed by atoms with Crippen molar-refractivity contribution in [3.8, 4) is 0 Å². The molecule has 0 amide bonds. The lowest BCUT2D eigenvalue weighted by Gasteiger charge is -2.03. The minimum absolute atomic E-state index is 0.143. The topological polar surface area (TPSA) is 62.8 Å². The number of aromatic nitrogens is 2. The Hall–Kier alpha value is -1.45. The van der Waals surface area contributed by atoms with Crippen LogP contribution in [0.3, 0.4) is 0 Å². The molecule has 0 spiro atoms. The van der Waals surface area contributed by atoms with Gasteiger partial charge in [-0.1, -0.05) is 0 Å². The van der Waals surface area contributed by atoms with Gasteiger partial charge in [-0.15, -0.1) is 0 Å². The van der Waals surface area contributed by atoms with Crippen LogP contribution >= 0.6 is 0 Å². The number of carbonyl (C=O) groups is 1. The maximum absolute atomic E-state index is 11.4. The fourth-order valence-electron chi connectivity index (χ4n) is 1.44. The van der Waals surface area contributed by atoms with E-state index in [4.69, 9.17) is 0 Å². The van der Waals surface area contributed by atoms with Crippen LogP contribution in [0.5, 0.6) is 0 Å². The smallest absolute Gasteiger partial charge is 0.254 e. The SMILES string of the molecule is CC(=O)c1nc(C2CC2)[nH]c(=O)c1C. The Morgan fingerprint density at radius 3 is 2.64 bits per heavy atom. The van der Waals surface area contributed by atoms with Crippen molar-refractivity contribution in [2.24, 2.45) is 0 Å². The third kappa shape index (κ3) is 1.47. The van der Waals surface area contributed by atoms with E-state index >= 15 is 0 Å². The highest BCUT2D eigenvalue weighted by atomic mass is 16.1. The van der Waals surface area contributed by atoms with E-state index < -0.39 is 0 Å². The number of carbonyl (C=O) groups excluding carboxylic acids is 1. The zero-order chi connectivity index (χ0) is 10.3. The molecule has 1 heterocycles. The molecule has 0 radical (unpaired) electrons. The molecule has 1 N–H and O–H groups in total. The highest BCUT2D eigenvalue weighted by Crippen LogP contribution is 2.37. The molecule has 0 bridgehead atoms. The number of hydrogen-bond donors (Lipinski definition) is 1. The van der Waals surface area contributed by atoms with Crippen molar-refractivity contribution in [1.82, 2.24) is 9.97 Å². The third-order valence-electron chi connectivity index (χ3n) is 2.47. The fourth-order valence-corrected chi connectivity index (χ4v) is 1.44. The molecule has 4 heteroatoms. The number of nitrogens with zero attached hydrogens (tertiary/aromatic N) is 1. The van der Waals surface area contributed by atoms with Crippen LogP contribution in [-0.2, 0) is 0 Å². The molecular weight excluding hydrogens is 180 g/mol. The van der Waals surface area contributed by atoms with Gasteiger partial charge in [0.1, 0.15) is 11.5 Å². The van der Waals surface area contributed by atoms with Crippen LogP contribution in [0.15, 0.2) is 4.79 Å². The second-order valence-electron chi connectivity index (χ2n) is 3.76. The van der Waals surface area contributed by atoms with Gasteiger partial charge in [0, 0.05) is 18.4 Å². The molecule has 2 rings (SSSR count). The number of ketones is 1. The standard InChI is InChI=1S/C10H12N2O2/c1-5-8(6(2)13)11-9(7-3-4-7)12-10(5)14/h7H,3-4H2,1-2H3,(H,11,12,14). The molecule has 0 aliphatic heterocycles. The number of hydrogen-bond acceptors (Lipinski definition) is 3. The Morgan fingerprint density at radius 1 is 1.50 bits per heavy atom. The Kier molecular flexibility index (Phi) is 1.98. The summed E-state index contributed by atoms with van der Waals surface area (Å²) in [4.78, 5) is 29.6. The van der Waals surface area contributed by atoms with Gasteiger partial charge >= 0.3 is 0 Å². The van der Waals surface area contributed by atoms with Crippen molar-refractivity contribution >= 4 is 5.78 Å². The summed E-state index contributed by atoms with van der Waals surface area (Å²) in [6.07, 6.45) is 2.12. The second kappa shape index (κ2) is 3.04. The van der Waals surface area contributed by atoms with Crippen LogP contribution in [0.25, 0.3) is 0 Å². The summed E-state index contributed by atoms with van der Waals surface area (Å²) in [6, 6.07) is 0. The van der Waals surface area contributed by atoms with Crippen molar-refractivity contribution in [3.63, 3.8) is 0 Å². The average molecular weight is 192 g/mol. The maximum atomic E-state index is 11.4. The monoisotopic (exact) mass is 192 g/mol. The van der Waals surface area contributed by atoms with Crippen molar-refractivity contribution < 1.29 is 4.79 Å². The molecule has 1 aromatic heterocycles. The van der Waals surface area contributed by atoms with E-state index in [0.717, 1.165) is 12.8 Å². The first-order valence-corrected chi connectivity index (χ1v) is 4.71. The van der Waals surface area contributed by atoms with Crippen LogP contribution in [0, 0.1) is 6.92 Å². The predicted octanol–water partition coefficient (Wildman–Crippen LogP) is 1.16. The molecule has 0 saturated heterocycles. The molecule has 1 aliphatic carbocycles. The van der Waals surface area contributed by atoms with Crippen molar-refractivity contribution in [2.45, 2.75) is 32.6 Å². The van der Waals surface area contributed by atoms with Crippen LogP contribution in [0.1, 0.15) is 47.6 Å². The lowest BCUT2D eigenvalue weighted by atomic mass is 10.2. The van der Waals surface area contributed by atoms with E-state index in [0.29, 0.717) is 23.0 Å². The molecule has 14 heavy (non-hydrogen) atoms. The molecule has 1 aromatic rings. The highest BCUT2D eigenvalue weighted by Gasteiger charge is 2.27. The molecule has 1 saturated carbocycles. The van der Waals surface area contributed by atoms with E-state index in [-0.39, 0.29) is 11.3 Å². The summed E-state index contributed by atoms with van der Waals surface area (Å²) >= 11 is 0. The average Bonchev–Trinajstić information content (AvgIpc) is 2.91. The second-order valence-corrected chi connectivity index (χ2v) is 3.76. The molecule has 74 valence electrons. The summed E-state index contributed by atoms with van der Waals surface area (Å²) < 4.78 is 0. The van der Waals surface area contributed by atoms with Gasteiger partial charge in [-0.3, -0.25) is 9.59 Å². The molecule has 1 aliphatic rings. The lowest BCUT2D eigenvalue weighted by Crippen LogP contribution is -2.19. The van der Waals surface area contributed by atoms with E-state index in [2.05, 4.69) is 9.97 Å². The fraction of sp³-hybridized carbons (Fsp3) is 0.500. The van der Waals surface area contributed by atoms with Gasteiger partial charge in [-0.05, 0) is 19.8 Å². The molecular formula is C10H12N2O2. The van der Waals surface area contributed by atoms with E-state index in [1.54, 1.807) is 6.92 Å². The molecule has 0 atom stereocenters. The van der Waals surface area contributed by atoms with E-state index in [9.17, 15) is 9.59 Å². The number of aromatic amines is 1. The minimum Gasteiger partial charge on any atom is -0.310 e. The van der Waals surface area contributed by atoms with Gasteiger partial charge in [0.2, 0.25) is 0 Å². The van der Waals surface area contributed by atoms with Gasteiger partial charge < -0.3 is 4.98 Å². The van der Waals surface area contributed by atoms with Crippen molar-refractivity contribution in [3.05, 3.63) is 27.4 Å². The molecule has 1 fully saturated rings. The Morgan fingerprint density at radius 2 is 2.14 bits per heavy atom. The highest BCUT2D eigenvalue weighted by molar-refractivity contribution is 5.93. The first kappa shape index (κ1) is 9.12. The number of nitrogens with one attached hydrogen (secondary N) is 1. The van der Waals surface area contributed by atoms with Crippen LogP contribution in [0.2, 0.25) is 0 Å². The first-order chi connectivity index (χ1) is 6.59. The first-order valence-electron chi connectivity index (χ1n) is 4.71. The summed E-state index contributed by atoms with van der Waals surface area (Å²) in [7, 11) is 0. The van der Waals surface area contributed by atoms with Crippen molar-refractivity contribution in [2.75, 3.05) is 0 Å². The summed E-state index contributed by atoms with van der Waals surface area (Å²) in [6.45, 7) is 3.06. The van der Waals surface area contributed by atoms with E-state index in [1.165, 1.54) is 6.92 Å². The van der Waals surface area contributed by atoms with Gasteiger partial charge in [0.25, 0.3) is 5.56 Å². The quantitative estimate of drug-likeness (QED) is 0.715. The number of rotatable bonds is 2. The Bertz CT molecular complexity index is 444.